The van der Waals surface area contributed by atoms with Gasteiger partial charge in [-0.05, 0) is 23.3 Å². The molecule has 0 atom stereocenters. The first kappa shape index (κ1) is 5.28. The van der Waals surface area contributed by atoms with Crippen molar-refractivity contribution in [2.75, 3.05) is 18.0 Å². The Morgan fingerprint density at radius 3 is 2.54 bits per heavy atom. The first-order valence-electron chi connectivity index (χ1n) is 5.84. The Hall–Kier alpha value is -1.50. The molecule has 1 saturated heterocycles. The van der Waals surface area contributed by atoms with Gasteiger partial charge in [-0.15, -0.1) is 0 Å². The van der Waals surface area contributed by atoms with Crippen LogP contribution in [0.2, 0.25) is 0 Å². The van der Waals surface area contributed by atoms with Crippen molar-refractivity contribution in [3.05, 3.63) is 54.6 Å². The molecule has 0 amide bonds. The Labute approximate surface area is 83.2 Å². The van der Waals surface area contributed by atoms with E-state index in [1.807, 2.05) is 30.3 Å². The summed E-state index contributed by atoms with van der Waals surface area (Å²) in [5, 5.41) is 0. The van der Waals surface area contributed by atoms with E-state index in [1.54, 1.807) is 0 Å². The number of para-hydroxylation sites is 1. The van der Waals surface area contributed by atoms with Gasteiger partial charge in [-0.3, -0.25) is 0 Å². The molecule has 0 saturated carbocycles. The average molecular weight is 174 g/mol. The zero-order chi connectivity index (χ0) is 11.5. The van der Waals surface area contributed by atoms with E-state index in [0.717, 1.165) is 11.3 Å². The van der Waals surface area contributed by atoms with Gasteiger partial charge in [0.1, 0.15) is 0 Å². The highest BCUT2D eigenvalue weighted by molar-refractivity contribution is 5.55. The lowest BCUT2D eigenvalue weighted by molar-refractivity contribution is 1.01. The lowest BCUT2D eigenvalue weighted by atomic mass is 10.2. The van der Waals surface area contributed by atoms with E-state index >= 15 is 0 Å². The van der Waals surface area contributed by atoms with Gasteiger partial charge < -0.3 is 4.90 Å². The first-order valence-corrected chi connectivity index (χ1v) is 4.26. The lowest BCUT2D eigenvalue weighted by Crippen LogP contribution is -2.17. The molecule has 0 aliphatic carbocycles. The molecule has 1 aromatic rings. The summed E-state index contributed by atoms with van der Waals surface area (Å²) in [6, 6.07) is 9.88. The van der Waals surface area contributed by atoms with E-state index in [9.17, 15) is 0 Å². The fourth-order valence-electron chi connectivity index (χ4n) is 1.47. The summed E-state index contributed by atoms with van der Waals surface area (Å²) in [6.45, 7) is 2.24. The summed E-state index contributed by atoms with van der Waals surface area (Å²) >= 11 is 0. The molecule has 0 spiro atoms. The number of benzene rings is 1. The monoisotopic (exact) mass is 174 g/mol. The second kappa shape index (κ2) is 3.09. The van der Waals surface area contributed by atoms with Crippen LogP contribution in [-0.4, -0.2) is 13.1 Å². The van der Waals surface area contributed by atoms with Crippen molar-refractivity contribution in [1.29, 1.82) is 0 Å². The van der Waals surface area contributed by atoms with Crippen LogP contribution in [0.4, 0.5) is 5.69 Å². The van der Waals surface area contributed by atoms with Gasteiger partial charge in [0.05, 0.1) is 4.11 Å². The van der Waals surface area contributed by atoms with E-state index in [-0.39, 0.29) is 6.53 Å². The van der Waals surface area contributed by atoms with E-state index in [0.29, 0.717) is 18.7 Å². The van der Waals surface area contributed by atoms with Gasteiger partial charge in [-0.2, -0.15) is 0 Å². The molecule has 1 heterocycles. The number of hydrogen-bond acceptors (Lipinski definition) is 1. The SMILES string of the molecule is [2H]C=C1CN(c2ccccc2)CC1=C([2H])[2H]. The van der Waals surface area contributed by atoms with E-state index in [4.69, 9.17) is 4.11 Å². The van der Waals surface area contributed by atoms with Crippen molar-refractivity contribution >= 4 is 5.69 Å². The quantitative estimate of drug-likeness (QED) is 0.632. The lowest BCUT2D eigenvalue weighted by Gasteiger charge is -2.16. The van der Waals surface area contributed by atoms with Crippen molar-refractivity contribution in [2.45, 2.75) is 0 Å². The summed E-state index contributed by atoms with van der Waals surface area (Å²) in [5.41, 5.74) is 2.49. The Bertz CT molecular complexity index is 433. The number of hydrogen-bond donors (Lipinski definition) is 0. The van der Waals surface area contributed by atoms with Gasteiger partial charge in [0.25, 0.3) is 0 Å². The molecule has 0 aromatic heterocycles. The highest BCUT2D eigenvalue weighted by Crippen LogP contribution is 2.24. The normalized spacial score (nSPS) is 22.8. The maximum Gasteiger partial charge on any atom is 0.0541 e. The van der Waals surface area contributed by atoms with Crippen molar-refractivity contribution in [1.82, 2.24) is 0 Å². The van der Waals surface area contributed by atoms with Crippen molar-refractivity contribution < 1.29 is 4.11 Å². The predicted octanol–water partition coefficient (Wildman–Crippen LogP) is 2.62. The molecule has 1 fully saturated rings. The van der Waals surface area contributed by atoms with Crippen molar-refractivity contribution in [3.63, 3.8) is 0 Å². The molecule has 0 N–H and O–H groups in total. The second-order valence-electron chi connectivity index (χ2n) is 3.20. The third-order valence-corrected chi connectivity index (χ3v) is 2.22. The van der Waals surface area contributed by atoms with E-state index < -0.39 is 0 Å². The zero-order valence-corrected chi connectivity index (χ0v) is 7.33. The fourth-order valence-corrected chi connectivity index (χ4v) is 1.47. The highest BCUT2D eigenvalue weighted by Gasteiger charge is 2.17. The van der Waals surface area contributed by atoms with Crippen LogP contribution in [-0.2, 0) is 0 Å². The third-order valence-electron chi connectivity index (χ3n) is 2.22. The maximum absolute atomic E-state index is 7.36. The van der Waals surface area contributed by atoms with Gasteiger partial charge in [0.2, 0.25) is 0 Å². The molecule has 2 rings (SSSR count). The molecule has 0 bridgehead atoms. The fraction of sp³-hybridized carbons (Fsp3) is 0.167. The van der Waals surface area contributed by atoms with Crippen LogP contribution in [0.15, 0.2) is 54.6 Å². The molecule has 1 heteroatoms. The molecule has 13 heavy (non-hydrogen) atoms. The minimum Gasteiger partial charge on any atom is -0.363 e. The van der Waals surface area contributed by atoms with Gasteiger partial charge in [0.15, 0.2) is 0 Å². The summed E-state index contributed by atoms with van der Waals surface area (Å²) < 4.78 is 22.0. The van der Waals surface area contributed by atoms with E-state index in [2.05, 4.69) is 4.90 Å². The predicted molar refractivity (Wildman–Crippen MR) is 56.9 cm³/mol. The molecule has 0 radical (unpaired) electrons. The van der Waals surface area contributed by atoms with Crippen LogP contribution in [0.25, 0.3) is 0 Å². The summed E-state index contributed by atoms with van der Waals surface area (Å²) in [6.07, 6.45) is 0. The number of nitrogens with zero attached hydrogens (tertiary/aromatic N) is 1. The Balaban J connectivity index is 2.28. The Morgan fingerprint density at radius 2 is 1.92 bits per heavy atom. The highest BCUT2D eigenvalue weighted by atomic mass is 15.1. The standard InChI is InChI=1S/C12H13N/c1-10-8-13(9-11(10)2)12-6-4-3-5-7-12/h3-7H,1-2,8-9H2/i1D,2D2. The molecule has 1 nitrogen and oxygen atoms in total. The Kier molecular flexibility index (Phi) is 1.26. The molecule has 1 aliphatic heterocycles. The summed E-state index contributed by atoms with van der Waals surface area (Å²) in [7, 11) is 0. The van der Waals surface area contributed by atoms with Crippen LogP contribution in [0, 0.1) is 0 Å². The van der Waals surface area contributed by atoms with Gasteiger partial charge >= 0.3 is 0 Å². The minimum atomic E-state index is -0.183. The van der Waals surface area contributed by atoms with Crippen LogP contribution < -0.4 is 4.90 Å². The average Bonchev–Trinajstić information content (AvgIpc) is 2.74. The van der Waals surface area contributed by atoms with Crippen LogP contribution in [0.5, 0.6) is 0 Å². The number of rotatable bonds is 1. The summed E-state index contributed by atoms with van der Waals surface area (Å²) in [5.74, 6) is 0. The molecule has 1 aliphatic rings. The number of anilines is 1. The smallest absolute Gasteiger partial charge is 0.0541 e. The molecular weight excluding hydrogens is 158 g/mol. The first-order chi connectivity index (χ1) is 7.72. The summed E-state index contributed by atoms with van der Waals surface area (Å²) in [4.78, 5) is 2.07. The van der Waals surface area contributed by atoms with Crippen molar-refractivity contribution in [3.8, 4) is 0 Å². The molecule has 0 unspecified atom stereocenters. The van der Waals surface area contributed by atoms with Gasteiger partial charge in [-0.25, -0.2) is 0 Å². The third kappa shape index (κ3) is 1.50. The maximum atomic E-state index is 7.36. The molecule has 66 valence electrons. The zero-order valence-electron chi connectivity index (χ0n) is 10.3. The Morgan fingerprint density at radius 1 is 1.15 bits per heavy atom. The molecular formula is C12H13N. The van der Waals surface area contributed by atoms with E-state index in [1.165, 1.54) is 6.55 Å². The topological polar surface area (TPSA) is 3.24 Å². The molecule has 1 aromatic carbocycles. The van der Waals surface area contributed by atoms with Gasteiger partial charge in [0, 0.05) is 18.8 Å². The largest absolute Gasteiger partial charge is 0.363 e. The minimum absolute atomic E-state index is 0.183. The van der Waals surface area contributed by atoms with Crippen molar-refractivity contribution in [2.24, 2.45) is 0 Å². The van der Waals surface area contributed by atoms with Crippen LogP contribution in [0.1, 0.15) is 4.11 Å². The van der Waals surface area contributed by atoms with Gasteiger partial charge in [-0.1, -0.05) is 31.3 Å². The van der Waals surface area contributed by atoms with Crippen LogP contribution >= 0.6 is 0 Å². The second-order valence-corrected chi connectivity index (χ2v) is 3.20. The van der Waals surface area contributed by atoms with Crippen LogP contribution in [0.3, 0.4) is 0 Å².